The molecule has 1 atom stereocenters. The van der Waals surface area contributed by atoms with Gasteiger partial charge in [-0.25, -0.2) is 4.98 Å². The van der Waals surface area contributed by atoms with Crippen molar-refractivity contribution in [2.75, 3.05) is 29.4 Å². The van der Waals surface area contributed by atoms with Crippen molar-refractivity contribution < 1.29 is 0 Å². The van der Waals surface area contributed by atoms with Crippen LogP contribution in [0.5, 0.6) is 0 Å². The first-order valence-electron chi connectivity index (χ1n) is 9.93. The van der Waals surface area contributed by atoms with E-state index in [4.69, 9.17) is 4.98 Å². The average molecular weight is 362 g/mol. The van der Waals surface area contributed by atoms with Gasteiger partial charge in [-0.15, -0.1) is 5.10 Å². The Kier molecular flexibility index (Phi) is 3.81. The normalized spacial score (nSPS) is 19.7. The predicted octanol–water partition coefficient (Wildman–Crippen LogP) is 2.94. The molecule has 1 aliphatic heterocycles. The second-order valence-corrected chi connectivity index (χ2v) is 7.91. The number of piperazine rings is 1. The lowest BCUT2D eigenvalue weighted by atomic mass is 10.1. The molecule has 0 amide bonds. The molecule has 1 fully saturated rings. The third-order valence-corrected chi connectivity index (χ3v) is 5.85. The van der Waals surface area contributed by atoms with Gasteiger partial charge in [-0.2, -0.15) is 9.50 Å². The number of benzene rings is 1. The summed E-state index contributed by atoms with van der Waals surface area (Å²) in [5, 5.41) is 4.67. The molecule has 1 unspecified atom stereocenters. The molecule has 5 rings (SSSR count). The van der Waals surface area contributed by atoms with E-state index < -0.39 is 0 Å². The van der Waals surface area contributed by atoms with Gasteiger partial charge in [-0.1, -0.05) is 12.1 Å². The van der Waals surface area contributed by atoms with Gasteiger partial charge in [-0.05, 0) is 57.7 Å². The number of aromatic nitrogens is 4. The molecule has 27 heavy (non-hydrogen) atoms. The van der Waals surface area contributed by atoms with E-state index in [9.17, 15) is 0 Å². The second-order valence-electron chi connectivity index (χ2n) is 7.91. The first kappa shape index (κ1) is 16.5. The van der Waals surface area contributed by atoms with Crippen molar-refractivity contribution in [2.24, 2.45) is 0 Å². The van der Waals surface area contributed by atoms with Crippen molar-refractivity contribution >= 4 is 17.3 Å². The van der Waals surface area contributed by atoms with E-state index in [0.29, 0.717) is 6.04 Å². The molecule has 2 aromatic heterocycles. The summed E-state index contributed by atoms with van der Waals surface area (Å²) in [5.74, 6) is 2.76. The monoisotopic (exact) mass is 362 g/mol. The maximum atomic E-state index is 4.78. The van der Waals surface area contributed by atoms with Gasteiger partial charge >= 0.3 is 0 Å². The molecule has 3 aromatic rings. The Balaban J connectivity index is 1.50. The Hall–Kier alpha value is -2.63. The topological polar surface area (TPSA) is 49.6 Å². The zero-order valence-corrected chi connectivity index (χ0v) is 16.3. The zero-order valence-electron chi connectivity index (χ0n) is 16.3. The van der Waals surface area contributed by atoms with Crippen molar-refractivity contribution in [3.8, 4) is 0 Å². The molecular formula is C21H26N6. The number of hydrogen-bond acceptors (Lipinski definition) is 5. The number of hydrogen-bond donors (Lipinski definition) is 0. The van der Waals surface area contributed by atoms with E-state index in [-0.39, 0.29) is 0 Å². The van der Waals surface area contributed by atoms with Gasteiger partial charge in [0.1, 0.15) is 11.6 Å². The molecule has 0 spiro atoms. The fourth-order valence-corrected chi connectivity index (χ4v) is 4.62. The molecular weight excluding hydrogens is 336 g/mol. The van der Waals surface area contributed by atoms with E-state index in [1.807, 2.05) is 11.4 Å². The highest BCUT2D eigenvalue weighted by Crippen LogP contribution is 2.32. The average Bonchev–Trinajstić information content (AvgIpc) is 3.24. The number of rotatable bonds is 2. The van der Waals surface area contributed by atoms with Gasteiger partial charge in [0.15, 0.2) is 0 Å². The molecule has 0 N–H and O–H groups in total. The van der Waals surface area contributed by atoms with Crippen LogP contribution in [0.25, 0.3) is 5.78 Å². The Morgan fingerprint density at radius 1 is 1.07 bits per heavy atom. The number of nitrogens with zero attached hydrogens (tertiary/aromatic N) is 6. The SMILES string of the molecule is Cc1cccc(N2CCN(c3c4c(nc5nc(C)nn35)CCC4)CC2C)c1. The van der Waals surface area contributed by atoms with Crippen LogP contribution in [0.1, 0.15) is 36.0 Å². The summed E-state index contributed by atoms with van der Waals surface area (Å²) >= 11 is 0. The summed E-state index contributed by atoms with van der Waals surface area (Å²) in [6, 6.07) is 9.26. The molecule has 1 saturated heterocycles. The van der Waals surface area contributed by atoms with Crippen LogP contribution in [0, 0.1) is 13.8 Å². The van der Waals surface area contributed by atoms with E-state index in [0.717, 1.165) is 44.1 Å². The molecule has 6 heteroatoms. The summed E-state index contributed by atoms with van der Waals surface area (Å²) in [6.07, 6.45) is 3.34. The Morgan fingerprint density at radius 3 is 2.78 bits per heavy atom. The Bertz CT molecular complexity index is 1010. The molecule has 0 radical (unpaired) electrons. The van der Waals surface area contributed by atoms with E-state index >= 15 is 0 Å². The molecule has 2 aliphatic rings. The fraction of sp³-hybridized carbons (Fsp3) is 0.476. The predicted molar refractivity (Wildman–Crippen MR) is 108 cm³/mol. The van der Waals surface area contributed by atoms with Crippen molar-refractivity contribution in [1.82, 2.24) is 19.6 Å². The lowest BCUT2D eigenvalue weighted by molar-refractivity contribution is 0.542. The van der Waals surface area contributed by atoms with Gasteiger partial charge in [0.2, 0.25) is 0 Å². The minimum atomic E-state index is 0.436. The van der Waals surface area contributed by atoms with Crippen LogP contribution in [0.3, 0.4) is 0 Å². The first-order chi connectivity index (χ1) is 13.1. The van der Waals surface area contributed by atoms with Crippen LogP contribution < -0.4 is 9.80 Å². The molecule has 3 heterocycles. The van der Waals surface area contributed by atoms with Crippen LogP contribution in [-0.2, 0) is 12.8 Å². The molecule has 140 valence electrons. The molecule has 0 saturated carbocycles. The van der Waals surface area contributed by atoms with E-state index in [1.165, 1.54) is 34.7 Å². The third-order valence-electron chi connectivity index (χ3n) is 5.85. The Labute approximate surface area is 159 Å². The fourth-order valence-electron chi connectivity index (χ4n) is 4.62. The van der Waals surface area contributed by atoms with Gasteiger partial charge in [0.05, 0.1) is 5.69 Å². The van der Waals surface area contributed by atoms with E-state index in [2.05, 4.69) is 58.0 Å². The third kappa shape index (κ3) is 2.74. The van der Waals surface area contributed by atoms with E-state index in [1.54, 1.807) is 0 Å². The summed E-state index contributed by atoms with van der Waals surface area (Å²) < 4.78 is 1.98. The van der Waals surface area contributed by atoms with Gasteiger partial charge in [0, 0.05) is 36.9 Å². The van der Waals surface area contributed by atoms with Gasteiger partial charge in [0.25, 0.3) is 5.78 Å². The zero-order chi connectivity index (χ0) is 18.5. The highest BCUT2D eigenvalue weighted by atomic mass is 15.4. The number of aryl methyl sites for hydroxylation is 3. The van der Waals surface area contributed by atoms with Crippen LogP contribution in [0.2, 0.25) is 0 Å². The van der Waals surface area contributed by atoms with Crippen molar-refractivity contribution in [3.05, 3.63) is 46.9 Å². The smallest absolute Gasteiger partial charge is 0.254 e. The highest BCUT2D eigenvalue weighted by Gasteiger charge is 2.30. The van der Waals surface area contributed by atoms with Crippen LogP contribution >= 0.6 is 0 Å². The van der Waals surface area contributed by atoms with Gasteiger partial charge < -0.3 is 9.80 Å². The lowest BCUT2D eigenvalue weighted by Gasteiger charge is -2.42. The minimum Gasteiger partial charge on any atom is -0.365 e. The lowest BCUT2D eigenvalue weighted by Crippen LogP contribution is -2.53. The summed E-state index contributed by atoms with van der Waals surface area (Å²) in [4.78, 5) is 14.3. The maximum Gasteiger partial charge on any atom is 0.254 e. The largest absolute Gasteiger partial charge is 0.365 e. The maximum absolute atomic E-state index is 4.78. The van der Waals surface area contributed by atoms with Crippen LogP contribution in [0.4, 0.5) is 11.5 Å². The minimum absolute atomic E-state index is 0.436. The standard InChI is InChI=1S/C21H26N6/c1-14-6-4-7-17(12-14)26-11-10-25(13-15(26)2)20-18-8-5-9-19(18)23-21-22-16(3)24-27(20)21/h4,6-7,12,15H,5,8-11,13H2,1-3H3. The summed E-state index contributed by atoms with van der Waals surface area (Å²) in [5.41, 5.74) is 5.24. The number of fused-ring (bicyclic) bond motifs is 2. The quantitative estimate of drug-likeness (QED) is 0.701. The summed E-state index contributed by atoms with van der Waals surface area (Å²) in [6.45, 7) is 9.41. The number of anilines is 2. The summed E-state index contributed by atoms with van der Waals surface area (Å²) in [7, 11) is 0. The van der Waals surface area contributed by atoms with Crippen LogP contribution in [0.15, 0.2) is 24.3 Å². The molecule has 0 bridgehead atoms. The van der Waals surface area contributed by atoms with Crippen LogP contribution in [-0.4, -0.2) is 45.3 Å². The Morgan fingerprint density at radius 2 is 1.96 bits per heavy atom. The molecule has 6 nitrogen and oxygen atoms in total. The van der Waals surface area contributed by atoms with Gasteiger partial charge in [-0.3, -0.25) is 0 Å². The molecule has 1 aliphatic carbocycles. The highest BCUT2D eigenvalue weighted by molar-refractivity contribution is 5.59. The second kappa shape index (κ2) is 6.22. The first-order valence-corrected chi connectivity index (χ1v) is 9.93. The van der Waals surface area contributed by atoms with Crippen molar-refractivity contribution in [1.29, 1.82) is 0 Å². The van der Waals surface area contributed by atoms with Crippen molar-refractivity contribution in [3.63, 3.8) is 0 Å². The molecule has 1 aromatic carbocycles. The van der Waals surface area contributed by atoms with Crippen molar-refractivity contribution in [2.45, 2.75) is 46.1 Å².